The summed E-state index contributed by atoms with van der Waals surface area (Å²) in [5.74, 6) is 0. The third kappa shape index (κ3) is 3.69. The van der Waals surface area contributed by atoms with Crippen molar-refractivity contribution in [2.75, 3.05) is 0 Å². The molecule has 0 aliphatic heterocycles. The molecule has 0 saturated heterocycles. The molecule has 0 saturated carbocycles. The Morgan fingerprint density at radius 3 is 2.12 bits per heavy atom. The van der Waals surface area contributed by atoms with E-state index in [-0.39, 0.29) is 10.3 Å². The van der Waals surface area contributed by atoms with Gasteiger partial charge in [0.15, 0.2) is 0 Å². The molecule has 17 heavy (non-hydrogen) atoms. The van der Waals surface area contributed by atoms with Gasteiger partial charge in [0.2, 0.25) is 10.0 Å². The molecule has 1 aromatic carbocycles. The fourth-order valence-corrected chi connectivity index (χ4v) is 2.80. The predicted octanol–water partition coefficient (Wildman–Crippen LogP) is 2.68. The minimum Gasteiger partial charge on any atom is -0.207 e. The number of hydrogen-bond donors (Lipinski definition) is 1. The lowest BCUT2D eigenvalue weighted by Crippen LogP contribution is -2.48. The highest BCUT2D eigenvalue weighted by Crippen LogP contribution is 2.19. The first-order valence-corrected chi connectivity index (χ1v) is 7.32. The van der Waals surface area contributed by atoms with Crippen LogP contribution >= 0.6 is 11.6 Å². The van der Waals surface area contributed by atoms with E-state index in [1.165, 1.54) is 0 Å². The number of halogens is 1. The SMILES string of the molecule is Cc1ccc(S(=O)(=O)NC(C)(C)C(C)Cl)cc1. The summed E-state index contributed by atoms with van der Waals surface area (Å²) in [7, 11) is -3.51. The first kappa shape index (κ1) is 14.5. The van der Waals surface area contributed by atoms with E-state index in [0.717, 1.165) is 5.56 Å². The van der Waals surface area contributed by atoms with Crippen molar-refractivity contribution in [3.63, 3.8) is 0 Å². The van der Waals surface area contributed by atoms with Gasteiger partial charge in [0.25, 0.3) is 0 Å². The molecule has 0 heterocycles. The number of sulfonamides is 1. The molecule has 5 heteroatoms. The molecule has 1 unspecified atom stereocenters. The van der Waals surface area contributed by atoms with Gasteiger partial charge in [-0.05, 0) is 39.8 Å². The first-order valence-electron chi connectivity index (χ1n) is 5.40. The van der Waals surface area contributed by atoms with Crippen LogP contribution in [0.15, 0.2) is 29.2 Å². The van der Waals surface area contributed by atoms with Crippen LogP contribution in [0.5, 0.6) is 0 Å². The molecular formula is C12H18ClNO2S. The zero-order chi connectivity index (χ0) is 13.3. The summed E-state index contributed by atoms with van der Waals surface area (Å²) < 4.78 is 26.8. The maximum atomic E-state index is 12.1. The van der Waals surface area contributed by atoms with E-state index >= 15 is 0 Å². The molecule has 0 fully saturated rings. The molecule has 0 aromatic heterocycles. The highest BCUT2D eigenvalue weighted by atomic mass is 35.5. The highest BCUT2D eigenvalue weighted by Gasteiger charge is 2.30. The van der Waals surface area contributed by atoms with Crippen LogP contribution < -0.4 is 4.72 Å². The number of rotatable bonds is 4. The average Bonchev–Trinajstić information content (AvgIpc) is 2.16. The van der Waals surface area contributed by atoms with E-state index < -0.39 is 15.6 Å². The maximum absolute atomic E-state index is 12.1. The number of benzene rings is 1. The third-order valence-electron chi connectivity index (χ3n) is 2.72. The van der Waals surface area contributed by atoms with Crippen LogP contribution in [0, 0.1) is 6.92 Å². The summed E-state index contributed by atoms with van der Waals surface area (Å²) in [6, 6.07) is 6.72. The molecule has 0 radical (unpaired) electrons. The van der Waals surface area contributed by atoms with Crippen LogP contribution in [0.2, 0.25) is 0 Å². The van der Waals surface area contributed by atoms with E-state index in [2.05, 4.69) is 4.72 Å². The third-order valence-corrected chi connectivity index (χ3v) is 4.96. The van der Waals surface area contributed by atoms with Gasteiger partial charge >= 0.3 is 0 Å². The van der Waals surface area contributed by atoms with Crippen LogP contribution in [0.1, 0.15) is 26.3 Å². The van der Waals surface area contributed by atoms with Crippen molar-refractivity contribution in [3.05, 3.63) is 29.8 Å². The Morgan fingerprint density at radius 1 is 1.24 bits per heavy atom. The molecule has 3 nitrogen and oxygen atoms in total. The van der Waals surface area contributed by atoms with E-state index in [4.69, 9.17) is 11.6 Å². The van der Waals surface area contributed by atoms with Gasteiger partial charge in [-0.2, -0.15) is 0 Å². The van der Waals surface area contributed by atoms with E-state index in [1.807, 2.05) is 6.92 Å². The molecule has 1 N–H and O–H groups in total. The molecular weight excluding hydrogens is 258 g/mol. The Labute approximate surface area is 108 Å². The van der Waals surface area contributed by atoms with E-state index in [1.54, 1.807) is 45.0 Å². The van der Waals surface area contributed by atoms with Crippen molar-refractivity contribution in [2.45, 2.75) is 43.5 Å². The molecule has 0 aliphatic rings. The van der Waals surface area contributed by atoms with Crippen molar-refractivity contribution in [2.24, 2.45) is 0 Å². The number of alkyl halides is 1. The second kappa shape index (κ2) is 4.96. The minimum atomic E-state index is -3.51. The normalized spacial score (nSPS) is 14.6. The van der Waals surface area contributed by atoms with Crippen molar-refractivity contribution < 1.29 is 8.42 Å². The van der Waals surface area contributed by atoms with Crippen molar-refractivity contribution in [1.82, 2.24) is 4.72 Å². The van der Waals surface area contributed by atoms with Gasteiger partial charge < -0.3 is 0 Å². The fourth-order valence-electron chi connectivity index (χ4n) is 1.20. The molecule has 96 valence electrons. The van der Waals surface area contributed by atoms with E-state index in [0.29, 0.717) is 0 Å². The monoisotopic (exact) mass is 275 g/mol. The first-order chi connectivity index (χ1) is 7.65. The summed E-state index contributed by atoms with van der Waals surface area (Å²) in [4.78, 5) is 0.258. The number of aryl methyl sites for hydroxylation is 1. The predicted molar refractivity (Wildman–Crippen MR) is 70.9 cm³/mol. The lowest BCUT2D eigenvalue weighted by atomic mass is 10.0. The lowest BCUT2D eigenvalue weighted by Gasteiger charge is -2.28. The Kier molecular flexibility index (Phi) is 4.23. The standard InChI is InChI=1S/C12H18ClNO2S/c1-9-5-7-11(8-6-9)17(15,16)14-12(3,4)10(2)13/h5-8,10,14H,1-4H3. The van der Waals surface area contributed by atoms with Crippen molar-refractivity contribution in [1.29, 1.82) is 0 Å². The quantitative estimate of drug-likeness (QED) is 0.859. The Morgan fingerprint density at radius 2 is 1.71 bits per heavy atom. The van der Waals surface area contributed by atoms with Gasteiger partial charge in [-0.25, -0.2) is 13.1 Å². The van der Waals surface area contributed by atoms with Crippen molar-refractivity contribution in [3.8, 4) is 0 Å². The molecule has 0 spiro atoms. The number of hydrogen-bond acceptors (Lipinski definition) is 2. The van der Waals surface area contributed by atoms with Gasteiger partial charge in [-0.15, -0.1) is 11.6 Å². The largest absolute Gasteiger partial charge is 0.241 e. The fraction of sp³-hybridized carbons (Fsp3) is 0.500. The Bertz CT molecular complexity index is 478. The summed E-state index contributed by atoms with van der Waals surface area (Å²) in [5.41, 5.74) is 0.333. The van der Waals surface area contributed by atoms with Crippen LogP contribution in [0.25, 0.3) is 0 Å². The molecule has 1 rings (SSSR count). The van der Waals surface area contributed by atoms with Gasteiger partial charge in [0.1, 0.15) is 0 Å². The van der Waals surface area contributed by atoms with Crippen LogP contribution in [0.3, 0.4) is 0 Å². The Balaban J connectivity index is 3.01. The highest BCUT2D eigenvalue weighted by molar-refractivity contribution is 7.89. The minimum absolute atomic E-state index is 0.258. The smallest absolute Gasteiger partial charge is 0.207 e. The molecule has 1 atom stereocenters. The summed E-state index contributed by atoms with van der Waals surface area (Å²) in [5, 5.41) is -0.303. The zero-order valence-corrected chi connectivity index (χ0v) is 12.1. The van der Waals surface area contributed by atoms with E-state index in [9.17, 15) is 8.42 Å². The van der Waals surface area contributed by atoms with Crippen LogP contribution in [0.4, 0.5) is 0 Å². The van der Waals surface area contributed by atoms with Gasteiger partial charge in [-0.1, -0.05) is 17.7 Å². The Hall–Kier alpha value is -0.580. The topological polar surface area (TPSA) is 46.2 Å². The zero-order valence-electron chi connectivity index (χ0n) is 10.5. The molecule has 0 bridgehead atoms. The number of nitrogens with one attached hydrogen (secondary N) is 1. The van der Waals surface area contributed by atoms with Crippen LogP contribution in [-0.4, -0.2) is 19.3 Å². The van der Waals surface area contributed by atoms with Crippen LogP contribution in [-0.2, 0) is 10.0 Å². The second-order valence-corrected chi connectivity index (χ2v) is 7.09. The summed E-state index contributed by atoms with van der Waals surface area (Å²) in [6.45, 7) is 7.20. The maximum Gasteiger partial charge on any atom is 0.241 e. The average molecular weight is 276 g/mol. The van der Waals surface area contributed by atoms with Gasteiger partial charge in [-0.3, -0.25) is 0 Å². The summed E-state index contributed by atoms with van der Waals surface area (Å²) >= 11 is 5.96. The molecule has 1 aromatic rings. The molecule has 0 amide bonds. The summed E-state index contributed by atoms with van der Waals surface area (Å²) in [6.07, 6.45) is 0. The van der Waals surface area contributed by atoms with Gasteiger partial charge in [0.05, 0.1) is 4.90 Å². The second-order valence-electron chi connectivity index (χ2n) is 4.76. The lowest BCUT2D eigenvalue weighted by molar-refractivity contribution is 0.445. The van der Waals surface area contributed by atoms with Crippen molar-refractivity contribution >= 4 is 21.6 Å². The molecule has 0 aliphatic carbocycles. The van der Waals surface area contributed by atoms with Gasteiger partial charge in [0, 0.05) is 10.9 Å².